The molecule has 0 saturated carbocycles. The first-order chi connectivity index (χ1) is 6.61. The van der Waals surface area contributed by atoms with Crippen LogP contribution in [0, 0.1) is 6.92 Å². The van der Waals surface area contributed by atoms with E-state index >= 15 is 0 Å². The molecule has 5 nitrogen and oxygen atoms in total. The van der Waals surface area contributed by atoms with Crippen molar-refractivity contribution < 1.29 is 4.74 Å². The second-order valence-corrected chi connectivity index (χ2v) is 3.25. The predicted molar refractivity (Wildman–Crippen MR) is 56.1 cm³/mol. The molecule has 78 valence electrons. The van der Waals surface area contributed by atoms with E-state index < -0.39 is 0 Å². The summed E-state index contributed by atoms with van der Waals surface area (Å²) >= 11 is 0. The van der Waals surface area contributed by atoms with Gasteiger partial charge in [-0.25, -0.2) is 4.98 Å². The fraction of sp³-hybridized carbons (Fsp3) is 0.556. The van der Waals surface area contributed by atoms with E-state index in [-0.39, 0.29) is 12.0 Å². The second-order valence-electron chi connectivity index (χ2n) is 3.25. The molecule has 0 bridgehead atoms. The zero-order valence-electron chi connectivity index (χ0n) is 8.74. The van der Waals surface area contributed by atoms with E-state index in [2.05, 4.69) is 15.3 Å². The van der Waals surface area contributed by atoms with Gasteiger partial charge in [-0.1, -0.05) is 0 Å². The highest BCUT2D eigenvalue weighted by molar-refractivity contribution is 5.40. The maximum Gasteiger partial charge on any atom is 0.222 e. The summed E-state index contributed by atoms with van der Waals surface area (Å²) in [7, 11) is 1.66. The van der Waals surface area contributed by atoms with Crippen molar-refractivity contribution in [2.45, 2.75) is 19.9 Å². The highest BCUT2D eigenvalue weighted by Crippen LogP contribution is 2.08. The largest absolute Gasteiger partial charge is 0.383 e. The minimum absolute atomic E-state index is 0.202. The lowest BCUT2D eigenvalue weighted by atomic mass is 10.3. The topological polar surface area (TPSA) is 73.1 Å². The first-order valence-corrected chi connectivity index (χ1v) is 4.48. The molecule has 14 heavy (non-hydrogen) atoms. The lowest BCUT2D eigenvalue weighted by molar-refractivity contribution is 0.190. The predicted octanol–water partition coefficient (Wildman–Crippen LogP) is 0.814. The maximum atomic E-state index is 5.52. The standard InChI is InChI=1S/C9H16N4O/c1-6-4-8(13-9(10)12-6)11-7(2)5-14-3/h4,7H,5H2,1-3H3,(H3,10,11,12,13)/t7-/m1/s1. The third-order valence-electron chi connectivity index (χ3n) is 1.68. The third-order valence-corrected chi connectivity index (χ3v) is 1.68. The van der Waals surface area contributed by atoms with E-state index in [0.717, 1.165) is 11.5 Å². The highest BCUT2D eigenvalue weighted by atomic mass is 16.5. The number of rotatable bonds is 4. The molecule has 0 saturated heterocycles. The summed E-state index contributed by atoms with van der Waals surface area (Å²) in [5.74, 6) is 1.02. The Hall–Kier alpha value is -1.36. The Bertz CT molecular complexity index is 283. The molecule has 1 aromatic heterocycles. The first kappa shape index (κ1) is 10.7. The number of aryl methyl sites for hydroxylation is 1. The zero-order valence-corrected chi connectivity index (χ0v) is 8.74. The lowest BCUT2D eigenvalue weighted by Crippen LogP contribution is -2.21. The molecule has 0 amide bonds. The number of aromatic nitrogens is 2. The van der Waals surface area contributed by atoms with Crippen LogP contribution in [0.15, 0.2) is 6.07 Å². The molecule has 5 heteroatoms. The van der Waals surface area contributed by atoms with Crippen molar-refractivity contribution in [1.82, 2.24) is 9.97 Å². The fourth-order valence-corrected chi connectivity index (χ4v) is 1.21. The summed E-state index contributed by atoms with van der Waals surface area (Å²) in [6.07, 6.45) is 0. The average molecular weight is 196 g/mol. The molecule has 1 aromatic rings. The molecule has 0 aliphatic carbocycles. The molecule has 0 aromatic carbocycles. The van der Waals surface area contributed by atoms with Crippen LogP contribution in [0.4, 0.5) is 11.8 Å². The maximum absolute atomic E-state index is 5.52. The van der Waals surface area contributed by atoms with E-state index in [0.29, 0.717) is 6.61 Å². The van der Waals surface area contributed by atoms with Crippen molar-refractivity contribution >= 4 is 11.8 Å². The minimum Gasteiger partial charge on any atom is -0.383 e. The minimum atomic E-state index is 0.202. The Morgan fingerprint density at radius 2 is 2.29 bits per heavy atom. The van der Waals surface area contributed by atoms with Gasteiger partial charge in [-0.2, -0.15) is 4.98 Å². The van der Waals surface area contributed by atoms with Gasteiger partial charge >= 0.3 is 0 Å². The van der Waals surface area contributed by atoms with Crippen molar-refractivity contribution in [3.05, 3.63) is 11.8 Å². The van der Waals surface area contributed by atoms with Crippen LogP contribution < -0.4 is 11.1 Å². The van der Waals surface area contributed by atoms with Crippen molar-refractivity contribution in [3.8, 4) is 0 Å². The number of nitrogens with one attached hydrogen (secondary N) is 1. The van der Waals surface area contributed by atoms with Crippen LogP contribution in [-0.2, 0) is 4.74 Å². The molecule has 0 radical (unpaired) electrons. The van der Waals surface area contributed by atoms with Gasteiger partial charge in [-0.05, 0) is 13.8 Å². The summed E-state index contributed by atoms with van der Waals surface area (Å²) in [6.45, 7) is 4.52. The van der Waals surface area contributed by atoms with Gasteiger partial charge in [0.25, 0.3) is 0 Å². The molecule has 1 rings (SSSR count). The molecule has 0 aliphatic heterocycles. The summed E-state index contributed by atoms with van der Waals surface area (Å²) in [6, 6.07) is 2.05. The smallest absolute Gasteiger partial charge is 0.222 e. The van der Waals surface area contributed by atoms with Gasteiger partial charge in [0.05, 0.1) is 6.61 Å². The number of anilines is 2. The Balaban J connectivity index is 2.66. The summed E-state index contributed by atoms with van der Waals surface area (Å²) < 4.78 is 5.00. The third kappa shape index (κ3) is 3.18. The Morgan fingerprint density at radius 1 is 1.57 bits per heavy atom. The molecule has 0 spiro atoms. The van der Waals surface area contributed by atoms with E-state index in [9.17, 15) is 0 Å². The summed E-state index contributed by atoms with van der Waals surface area (Å²) in [5.41, 5.74) is 6.37. The first-order valence-electron chi connectivity index (χ1n) is 4.48. The number of ether oxygens (including phenoxy) is 1. The van der Waals surface area contributed by atoms with Gasteiger partial charge in [0.15, 0.2) is 0 Å². The lowest BCUT2D eigenvalue weighted by Gasteiger charge is -2.13. The summed E-state index contributed by atoms with van der Waals surface area (Å²) in [5, 5.41) is 3.17. The van der Waals surface area contributed by atoms with Gasteiger partial charge in [0.2, 0.25) is 5.95 Å². The summed E-state index contributed by atoms with van der Waals surface area (Å²) in [4.78, 5) is 8.04. The van der Waals surface area contributed by atoms with E-state index in [1.807, 2.05) is 19.9 Å². The monoisotopic (exact) mass is 196 g/mol. The number of nitrogens with two attached hydrogens (primary N) is 1. The van der Waals surface area contributed by atoms with Crippen LogP contribution in [0.3, 0.4) is 0 Å². The average Bonchev–Trinajstić information content (AvgIpc) is 2.01. The SMILES string of the molecule is COC[C@@H](C)Nc1cc(C)nc(N)n1. The van der Waals surface area contributed by atoms with Crippen LogP contribution in [0.1, 0.15) is 12.6 Å². The van der Waals surface area contributed by atoms with Crippen molar-refractivity contribution in [1.29, 1.82) is 0 Å². The van der Waals surface area contributed by atoms with Gasteiger partial charge in [-0.3, -0.25) is 0 Å². The normalized spacial score (nSPS) is 12.5. The van der Waals surface area contributed by atoms with Crippen molar-refractivity contribution in [2.24, 2.45) is 0 Å². The Labute approximate surface area is 83.7 Å². The number of nitrogen functional groups attached to an aromatic ring is 1. The molecule has 3 N–H and O–H groups in total. The second kappa shape index (κ2) is 4.76. The highest BCUT2D eigenvalue weighted by Gasteiger charge is 2.03. The number of methoxy groups -OCH3 is 1. The van der Waals surface area contributed by atoms with Gasteiger partial charge in [0, 0.05) is 24.9 Å². The van der Waals surface area contributed by atoms with Crippen LogP contribution >= 0.6 is 0 Å². The number of nitrogens with zero attached hydrogens (tertiary/aromatic N) is 2. The van der Waals surface area contributed by atoms with Crippen molar-refractivity contribution in [2.75, 3.05) is 24.8 Å². The van der Waals surface area contributed by atoms with Gasteiger partial charge in [-0.15, -0.1) is 0 Å². The van der Waals surface area contributed by atoms with Crippen LogP contribution in [-0.4, -0.2) is 29.7 Å². The van der Waals surface area contributed by atoms with Crippen LogP contribution in [0.25, 0.3) is 0 Å². The number of hydrogen-bond donors (Lipinski definition) is 2. The molecular formula is C9H16N4O. The van der Waals surface area contributed by atoms with E-state index in [1.54, 1.807) is 7.11 Å². The molecular weight excluding hydrogens is 180 g/mol. The molecule has 1 heterocycles. The van der Waals surface area contributed by atoms with E-state index in [1.165, 1.54) is 0 Å². The quantitative estimate of drug-likeness (QED) is 0.745. The zero-order chi connectivity index (χ0) is 10.6. The Morgan fingerprint density at radius 3 is 2.86 bits per heavy atom. The van der Waals surface area contributed by atoms with Crippen LogP contribution in [0.5, 0.6) is 0 Å². The molecule has 0 aliphatic rings. The molecule has 0 fully saturated rings. The number of hydrogen-bond acceptors (Lipinski definition) is 5. The van der Waals surface area contributed by atoms with Crippen molar-refractivity contribution in [3.63, 3.8) is 0 Å². The molecule has 0 unspecified atom stereocenters. The fourth-order valence-electron chi connectivity index (χ4n) is 1.21. The van der Waals surface area contributed by atoms with Gasteiger partial charge in [0.1, 0.15) is 5.82 Å². The Kier molecular flexibility index (Phi) is 3.64. The van der Waals surface area contributed by atoms with Crippen LogP contribution in [0.2, 0.25) is 0 Å². The molecule has 1 atom stereocenters. The van der Waals surface area contributed by atoms with Gasteiger partial charge < -0.3 is 15.8 Å². The van der Waals surface area contributed by atoms with E-state index in [4.69, 9.17) is 10.5 Å².